The van der Waals surface area contributed by atoms with Crippen molar-refractivity contribution in [3.63, 3.8) is 0 Å². The van der Waals surface area contributed by atoms with E-state index >= 15 is 0 Å². The van der Waals surface area contributed by atoms with E-state index in [2.05, 4.69) is 10.3 Å². The highest BCUT2D eigenvalue weighted by molar-refractivity contribution is 5.90. The molecule has 1 rings (SSSR count). The van der Waals surface area contributed by atoms with Crippen molar-refractivity contribution in [2.45, 2.75) is 27.2 Å². The summed E-state index contributed by atoms with van der Waals surface area (Å²) in [4.78, 5) is 14.2. The molecule has 0 aliphatic heterocycles. The minimum Gasteiger partial charge on any atom is -0.322 e. The Bertz CT molecular complexity index is 289. The monoisotopic (exact) mass is 198 g/mol. The average molecular weight is 198 g/mol. The zero-order chi connectivity index (χ0) is 11.0. The van der Waals surface area contributed by atoms with E-state index < -0.39 is 5.95 Å². The highest BCUT2D eigenvalue weighted by atomic mass is 19.1. The largest absolute Gasteiger partial charge is 0.322 e. The van der Waals surface area contributed by atoms with Crippen molar-refractivity contribution in [1.29, 1.82) is 0 Å². The van der Waals surface area contributed by atoms with E-state index in [0.717, 1.165) is 0 Å². The van der Waals surface area contributed by atoms with Crippen LogP contribution < -0.4 is 5.32 Å². The Morgan fingerprint density at radius 1 is 1.57 bits per heavy atom. The quantitative estimate of drug-likeness (QED) is 0.742. The van der Waals surface area contributed by atoms with E-state index in [1.165, 1.54) is 12.3 Å². The number of carbonyl (C=O) groups excluding carboxylic acids is 1. The van der Waals surface area contributed by atoms with Gasteiger partial charge in [-0.1, -0.05) is 20.8 Å². The van der Waals surface area contributed by atoms with Gasteiger partial charge in [0.1, 0.15) is 0 Å². The van der Waals surface area contributed by atoms with Gasteiger partial charge in [0, 0.05) is 12.6 Å². The second kappa shape index (κ2) is 7.00. The molecule has 0 saturated carbocycles. The van der Waals surface area contributed by atoms with Gasteiger partial charge in [0.15, 0.2) is 0 Å². The lowest BCUT2D eigenvalue weighted by atomic mass is 10.4. The third-order valence-electron chi connectivity index (χ3n) is 1.35. The van der Waals surface area contributed by atoms with Gasteiger partial charge < -0.3 is 5.32 Å². The van der Waals surface area contributed by atoms with Crippen LogP contribution >= 0.6 is 0 Å². The molecule has 0 saturated heterocycles. The maximum atomic E-state index is 12.8. The molecule has 0 bridgehead atoms. The summed E-state index contributed by atoms with van der Waals surface area (Å²) in [6, 6.07) is 3.03. The lowest BCUT2D eigenvalue weighted by Crippen LogP contribution is -2.11. The predicted octanol–water partition coefficient (Wildman–Crippen LogP) is 2.60. The Balaban J connectivity index is 0.000000791. The van der Waals surface area contributed by atoms with Gasteiger partial charge in [-0.2, -0.15) is 4.39 Å². The van der Waals surface area contributed by atoms with Crippen molar-refractivity contribution < 1.29 is 9.18 Å². The summed E-state index contributed by atoms with van der Waals surface area (Å²) in [6.45, 7) is 5.70. The van der Waals surface area contributed by atoms with Crippen molar-refractivity contribution >= 4 is 11.6 Å². The van der Waals surface area contributed by atoms with Crippen molar-refractivity contribution in [2.24, 2.45) is 0 Å². The summed E-state index contributed by atoms with van der Waals surface area (Å²) in [7, 11) is 0. The van der Waals surface area contributed by atoms with Crippen LogP contribution in [0.1, 0.15) is 27.2 Å². The molecule has 1 N–H and O–H groups in total. The van der Waals surface area contributed by atoms with Gasteiger partial charge in [-0.25, -0.2) is 4.98 Å². The third-order valence-corrected chi connectivity index (χ3v) is 1.35. The number of amides is 1. The molecule has 1 aromatic heterocycles. The van der Waals surface area contributed by atoms with Crippen molar-refractivity contribution in [1.82, 2.24) is 4.98 Å². The fourth-order valence-electron chi connectivity index (χ4n) is 0.718. The number of aromatic nitrogens is 1. The Kier molecular flexibility index (Phi) is 6.28. The van der Waals surface area contributed by atoms with Crippen LogP contribution in [0.25, 0.3) is 0 Å². The lowest BCUT2D eigenvalue weighted by molar-refractivity contribution is -0.115. The number of rotatable bonds is 2. The highest BCUT2D eigenvalue weighted by Gasteiger charge is 2.03. The zero-order valence-electron chi connectivity index (χ0n) is 8.67. The Morgan fingerprint density at radius 3 is 2.71 bits per heavy atom. The number of carbonyl (C=O) groups is 1. The summed E-state index contributed by atoms with van der Waals surface area (Å²) < 4.78 is 12.8. The van der Waals surface area contributed by atoms with Gasteiger partial charge >= 0.3 is 0 Å². The molecule has 0 aromatic carbocycles. The molecule has 0 aliphatic rings. The molecule has 0 unspecified atom stereocenters. The third kappa shape index (κ3) is 3.98. The Morgan fingerprint density at radius 2 is 2.21 bits per heavy atom. The number of halogens is 1. The first kappa shape index (κ1) is 12.6. The lowest BCUT2D eigenvalue weighted by Gasteiger charge is -2.02. The molecule has 0 aliphatic carbocycles. The second-order valence-electron chi connectivity index (χ2n) is 2.24. The zero-order valence-corrected chi connectivity index (χ0v) is 8.67. The fourth-order valence-corrected chi connectivity index (χ4v) is 0.718. The number of hydrogen-bond donors (Lipinski definition) is 1. The molecule has 1 aromatic rings. The van der Waals surface area contributed by atoms with Crippen molar-refractivity contribution in [3.8, 4) is 0 Å². The summed E-state index contributed by atoms with van der Waals surface area (Å²) in [5, 5.41) is 2.38. The van der Waals surface area contributed by atoms with Crippen molar-refractivity contribution in [2.75, 3.05) is 5.32 Å². The van der Waals surface area contributed by atoms with Crippen LogP contribution in [0.2, 0.25) is 0 Å². The van der Waals surface area contributed by atoms with Gasteiger partial charge in [-0.3, -0.25) is 4.79 Å². The van der Waals surface area contributed by atoms with Gasteiger partial charge in [0.05, 0.1) is 5.69 Å². The molecule has 0 spiro atoms. The predicted molar refractivity (Wildman–Crippen MR) is 54.5 cm³/mol. The Hall–Kier alpha value is -1.45. The van der Waals surface area contributed by atoms with Crippen LogP contribution in [0.5, 0.6) is 0 Å². The molecule has 0 radical (unpaired) electrons. The van der Waals surface area contributed by atoms with Crippen LogP contribution in [-0.4, -0.2) is 10.9 Å². The molecule has 4 heteroatoms. The van der Waals surface area contributed by atoms with E-state index in [4.69, 9.17) is 0 Å². The smallest absolute Gasteiger partial charge is 0.236 e. The molecule has 1 amide bonds. The standard InChI is InChI=1S/C8H9FN2O.C2H6/c1-2-7(12)11-6-4-3-5-10-8(6)9;1-2/h3-5H,2H2,1H3,(H,11,12);1-2H3. The van der Waals surface area contributed by atoms with E-state index in [-0.39, 0.29) is 11.6 Å². The van der Waals surface area contributed by atoms with Crippen LogP contribution in [0.15, 0.2) is 18.3 Å². The summed E-state index contributed by atoms with van der Waals surface area (Å²) >= 11 is 0. The summed E-state index contributed by atoms with van der Waals surface area (Å²) in [5.74, 6) is -0.874. The van der Waals surface area contributed by atoms with Gasteiger partial charge in [0.2, 0.25) is 11.9 Å². The molecule has 1 heterocycles. The maximum absolute atomic E-state index is 12.8. The molecular weight excluding hydrogens is 183 g/mol. The molecule has 0 fully saturated rings. The summed E-state index contributed by atoms with van der Waals surface area (Å²) in [5.41, 5.74) is 0.129. The first-order valence-electron chi connectivity index (χ1n) is 4.64. The topological polar surface area (TPSA) is 42.0 Å². The number of nitrogens with zero attached hydrogens (tertiary/aromatic N) is 1. The van der Waals surface area contributed by atoms with Gasteiger partial charge in [-0.15, -0.1) is 0 Å². The van der Waals surface area contributed by atoms with Gasteiger partial charge in [-0.05, 0) is 12.1 Å². The SMILES string of the molecule is CC.CCC(=O)Nc1cccnc1F. The van der Waals surface area contributed by atoms with E-state index in [1.807, 2.05) is 13.8 Å². The van der Waals surface area contributed by atoms with Crippen LogP contribution in [0.4, 0.5) is 10.1 Å². The first-order valence-corrected chi connectivity index (χ1v) is 4.64. The van der Waals surface area contributed by atoms with Crippen LogP contribution in [-0.2, 0) is 4.79 Å². The molecule has 3 nitrogen and oxygen atoms in total. The van der Waals surface area contributed by atoms with Crippen LogP contribution in [0.3, 0.4) is 0 Å². The van der Waals surface area contributed by atoms with Gasteiger partial charge in [0.25, 0.3) is 0 Å². The molecule has 0 atom stereocenters. The van der Waals surface area contributed by atoms with E-state index in [1.54, 1.807) is 13.0 Å². The van der Waals surface area contributed by atoms with Crippen molar-refractivity contribution in [3.05, 3.63) is 24.3 Å². The molecular formula is C10H15FN2O. The molecule has 78 valence electrons. The van der Waals surface area contributed by atoms with Crippen LogP contribution in [0, 0.1) is 5.95 Å². The van der Waals surface area contributed by atoms with E-state index in [0.29, 0.717) is 6.42 Å². The normalized spacial score (nSPS) is 8.57. The number of hydrogen-bond acceptors (Lipinski definition) is 2. The summed E-state index contributed by atoms with van der Waals surface area (Å²) in [6.07, 6.45) is 1.66. The first-order chi connectivity index (χ1) is 6.74. The Labute approximate surface area is 83.4 Å². The molecule has 14 heavy (non-hydrogen) atoms. The van der Waals surface area contributed by atoms with E-state index in [9.17, 15) is 9.18 Å². The average Bonchev–Trinajstić information content (AvgIpc) is 2.24. The second-order valence-corrected chi connectivity index (χ2v) is 2.24. The maximum Gasteiger partial charge on any atom is 0.236 e. The minimum atomic E-state index is -0.653. The minimum absolute atomic E-state index is 0.129. The number of anilines is 1. The highest BCUT2D eigenvalue weighted by Crippen LogP contribution is 2.09. The number of nitrogens with one attached hydrogen (secondary N) is 1. The fraction of sp³-hybridized carbons (Fsp3) is 0.400. The number of pyridine rings is 1.